The van der Waals surface area contributed by atoms with Gasteiger partial charge in [0, 0.05) is 38.2 Å². The Kier molecular flexibility index (Phi) is 8.61. The smallest absolute Gasteiger partial charge is 0.334 e. The van der Waals surface area contributed by atoms with Crippen molar-refractivity contribution in [3.63, 3.8) is 0 Å². The summed E-state index contributed by atoms with van der Waals surface area (Å²) in [6.07, 6.45) is 1.05. The van der Waals surface area contributed by atoms with Gasteiger partial charge in [0.05, 0.1) is 0 Å². The van der Waals surface area contributed by atoms with Gasteiger partial charge in [-0.25, -0.2) is 19.2 Å². The van der Waals surface area contributed by atoms with Crippen LogP contribution in [0.25, 0.3) is 0 Å². The molecule has 0 heterocycles. The molecule has 0 aromatic carbocycles. The predicted molar refractivity (Wildman–Crippen MR) is 72.8 cm³/mol. The molecule has 0 radical (unpaired) electrons. The monoisotopic (exact) mass is 312 g/mol. The van der Waals surface area contributed by atoms with E-state index >= 15 is 0 Å². The van der Waals surface area contributed by atoms with E-state index in [2.05, 4.69) is 32.1 Å². The minimum Gasteiger partial charge on any atom is -0.422 e. The second-order valence-corrected chi connectivity index (χ2v) is 3.62. The molecule has 0 N–H and O–H groups in total. The average molecular weight is 312 g/mol. The molecule has 0 saturated carbocycles. The Morgan fingerprint density at radius 1 is 0.682 bits per heavy atom. The van der Waals surface area contributed by atoms with Crippen molar-refractivity contribution >= 4 is 23.9 Å². The van der Waals surface area contributed by atoms with E-state index in [1.54, 1.807) is 0 Å². The maximum atomic E-state index is 11.3. The fraction of sp³-hybridized carbons (Fsp3) is 0.286. The van der Waals surface area contributed by atoms with Gasteiger partial charge in [-0.2, -0.15) is 0 Å². The molecule has 0 aromatic heterocycles. The Hall–Kier alpha value is -2.90. The first-order chi connectivity index (χ1) is 10.3. The summed E-state index contributed by atoms with van der Waals surface area (Å²) in [7, 11) is 0. The number of esters is 4. The van der Waals surface area contributed by atoms with Crippen LogP contribution in [-0.2, 0) is 38.1 Å². The second-order valence-electron chi connectivity index (χ2n) is 3.62. The van der Waals surface area contributed by atoms with E-state index in [4.69, 9.17) is 0 Å². The highest BCUT2D eigenvalue weighted by Gasteiger charge is 2.12. The van der Waals surface area contributed by atoms with Crippen LogP contribution in [0.15, 0.2) is 37.5 Å². The van der Waals surface area contributed by atoms with Crippen molar-refractivity contribution < 1.29 is 38.1 Å². The van der Waals surface area contributed by atoms with E-state index < -0.39 is 36.5 Å². The topological polar surface area (TPSA) is 105 Å². The standard InChI is InChI=1S/C14H16O8/c1-5-11(15)19-9(3)21-13(17)7-8-14(18)22-10(4)20-12(16)6-2/h5-10H,1-2H2,3-4H3. The molecule has 120 valence electrons. The molecule has 0 aromatic rings. The average Bonchev–Trinajstić information content (AvgIpc) is 2.44. The number of rotatable bonds is 8. The van der Waals surface area contributed by atoms with E-state index in [1.165, 1.54) is 13.8 Å². The summed E-state index contributed by atoms with van der Waals surface area (Å²) < 4.78 is 18.4. The molecule has 0 aliphatic rings. The van der Waals surface area contributed by atoms with Gasteiger partial charge in [0.1, 0.15) is 0 Å². The lowest BCUT2D eigenvalue weighted by molar-refractivity contribution is -0.180. The molecule has 0 amide bonds. The Morgan fingerprint density at radius 2 is 0.955 bits per heavy atom. The van der Waals surface area contributed by atoms with Gasteiger partial charge >= 0.3 is 23.9 Å². The lowest BCUT2D eigenvalue weighted by atomic mass is 10.5. The van der Waals surface area contributed by atoms with Crippen molar-refractivity contribution in [2.24, 2.45) is 0 Å². The lowest BCUT2D eigenvalue weighted by Crippen LogP contribution is -2.21. The Balaban J connectivity index is 4.23. The van der Waals surface area contributed by atoms with Crippen LogP contribution >= 0.6 is 0 Å². The van der Waals surface area contributed by atoms with E-state index in [9.17, 15) is 19.2 Å². The molecular weight excluding hydrogens is 296 g/mol. The van der Waals surface area contributed by atoms with Crippen LogP contribution in [0.2, 0.25) is 0 Å². The third kappa shape index (κ3) is 9.08. The largest absolute Gasteiger partial charge is 0.422 e. The van der Waals surface area contributed by atoms with E-state index in [0.717, 1.165) is 24.3 Å². The molecule has 8 nitrogen and oxygen atoms in total. The predicted octanol–water partition coefficient (Wildman–Crippen LogP) is 0.779. The highest BCUT2D eigenvalue weighted by atomic mass is 16.7. The van der Waals surface area contributed by atoms with E-state index in [1.807, 2.05) is 0 Å². The summed E-state index contributed by atoms with van der Waals surface area (Å²) in [6.45, 7) is 8.96. The molecule has 0 fully saturated rings. The highest BCUT2D eigenvalue weighted by molar-refractivity contribution is 5.92. The maximum Gasteiger partial charge on any atom is 0.334 e. The van der Waals surface area contributed by atoms with Crippen molar-refractivity contribution in [1.29, 1.82) is 0 Å². The van der Waals surface area contributed by atoms with Crippen molar-refractivity contribution in [3.05, 3.63) is 37.5 Å². The second kappa shape index (κ2) is 9.92. The van der Waals surface area contributed by atoms with Gasteiger partial charge in [0.2, 0.25) is 12.6 Å². The molecular formula is C14H16O8. The van der Waals surface area contributed by atoms with Gasteiger partial charge in [-0.1, -0.05) is 13.2 Å². The molecule has 0 aliphatic heterocycles. The van der Waals surface area contributed by atoms with Crippen molar-refractivity contribution in [3.8, 4) is 0 Å². The van der Waals surface area contributed by atoms with Gasteiger partial charge < -0.3 is 18.9 Å². The summed E-state index contributed by atoms with van der Waals surface area (Å²) in [5.41, 5.74) is 0. The lowest BCUT2D eigenvalue weighted by Gasteiger charge is -2.12. The SMILES string of the molecule is C=CC(=O)OC(C)OC(=O)C=CC(=O)OC(C)OC(=O)C=C. The third-order valence-corrected chi connectivity index (χ3v) is 1.82. The van der Waals surface area contributed by atoms with Gasteiger partial charge in [-0.3, -0.25) is 0 Å². The number of hydrogen-bond acceptors (Lipinski definition) is 8. The molecule has 8 heteroatoms. The Labute approximate surface area is 127 Å². The van der Waals surface area contributed by atoms with Gasteiger partial charge in [-0.05, 0) is 0 Å². The number of hydrogen-bond donors (Lipinski definition) is 0. The summed E-state index contributed by atoms with van der Waals surface area (Å²) in [4.78, 5) is 44.3. The van der Waals surface area contributed by atoms with E-state index in [0.29, 0.717) is 0 Å². The normalized spacial score (nSPS) is 12.6. The van der Waals surface area contributed by atoms with Crippen LogP contribution in [0.1, 0.15) is 13.8 Å². The van der Waals surface area contributed by atoms with Crippen LogP contribution in [0.3, 0.4) is 0 Å². The Morgan fingerprint density at radius 3 is 1.23 bits per heavy atom. The molecule has 22 heavy (non-hydrogen) atoms. The number of ether oxygens (including phenoxy) is 4. The first kappa shape index (κ1) is 19.1. The zero-order valence-corrected chi connectivity index (χ0v) is 12.1. The highest BCUT2D eigenvalue weighted by Crippen LogP contribution is 1.99. The summed E-state index contributed by atoms with van der Waals surface area (Å²) in [5, 5.41) is 0. The molecule has 0 rings (SSSR count). The summed E-state index contributed by atoms with van der Waals surface area (Å²) >= 11 is 0. The van der Waals surface area contributed by atoms with Crippen molar-refractivity contribution in [1.82, 2.24) is 0 Å². The molecule has 0 bridgehead atoms. The molecule has 0 aliphatic carbocycles. The fourth-order valence-electron chi connectivity index (χ4n) is 1.01. The van der Waals surface area contributed by atoms with Gasteiger partial charge in [0.15, 0.2) is 0 Å². The van der Waals surface area contributed by atoms with Gasteiger partial charge in [0.25, 0.3) is 0 Å². The zero-order chi connectivity index (χ0) is 17.1. The first-order valence-electron chi connectivity index (χ1n) is 6.04. The third-order valence-electron chi connectivity index (χ3n) is 1.82. The fourth-order valence-corrected chi connectivity index (χ4v) is 1.01. The molecule has 2 unspecified atom stereocenters. The minimum atomic E-state index is -1.15. The van der Waals surface area contributed by atoms with Gasteiger partial charge in [-0.15, -0.1) is 0 Å². The minimum absolute atomic E-state index is 0.762. The van der Waals surface area contributed by atoms with Crippen molar-refractivity contribution in [2.45, 2.75) is 26.4 Å². The van der Waals surface area contributed by atoms with Crippen LogP contribution < -0.4 is 0 Å². The molecule has 0 spiro atoms. The van der Waals surface area contributed by atoms with Crippen LogP contribution in [-0.4, -0.2) is 36.5 Å². The Bertz CT molecular complexity index is 447. The van der Waals surface area contributed by atoms with Crippen LogP contribution in [0.5, 0.6) is 0 Å². The van der Waals surface area contributed by atoms with Crippen molar-refractivity contribution in [2.75, 3.05) is 0 Å². The van der Waals surface area contributed by atoms with E-state index in [-0.39, 0.29) is 0 Å². The number of carbonyl (C=O) groups is 4. The molecule has 2 atom stereocenters. The summed E-state index contributed by atoms with van der Waals surface area (Å²) in [6, 6.07) is 0. The quantitative estimate of drug-likeness (QED) is 0.368. The maximum absolute atomic E-state index is 11.3. The first-order valence-corrected chi connectivity index (χ1v) is 6.04. The van der Waals surface area contributed by atoms with Crippen LogP contribution in [0.4, 0.5) is 0 Å². The number of carbonyl (C=O) groups excluding carboxylic acids is 4. The summed E-state index contributed by atoms with van der Waals surface area (Å²) in [5.74, 6) is -3.39. The van der Waals surface area contributed by atoms with Crippen LogP contribution in [0, 0.1) is 0 Å². The molecule has 0 saturated heterocycles. The zero-order valence-electron chi connectivity index (χ0n) is 12.1.